The van der Waals surface area contributed by atoms with Gasteiger partial charge in [0.2, 0.25) is 5.82 Å². The molecule has 9 heteroatoms. The van der Waals surface area contributed by atoms with Crippen LogP contribution in [0.15, 0.2) is 48.5 Å². The fourth-order valence-electron chi connectivity index (χ4n) is 4.37. The van der Waals surface area contributed by atoms with Crippen molar-refractivity contribution in [3.8, 4) is 0 Å². The van der Waals surface area contributed by atoms with E-state index in [4.69, 9.17) is 0 Å². The number of hydrogen-bond donors (Lipinski definition) is 1. The molecular weight excluding hydrogens is 419 g/mol. The number of halogens is 3. The first kappa shape index (κ1) is 20.3. The molecule has 1 aliphatic rings. The van der Waals surface area contributed by atoms with Gasteiger partial charge in [0.15, 0.2) is 5.82 Å². The molecule has 1 atom stereocenters. The lowest BCUT2D eigenvalue weighted by Gasteiger charge is -2.36. The Morgan fingerprint density at radius 1 is 1.06 bits per heavy atom. The molecule has 6 nitrogen and oxygen atoms in total. The second kappa shape index (κ2) is 7.22. The van der Waals surface area contributed by atoms with Crippen LogP contribution in [0.3, 0.4) is 0 Å². The third kappa shape index (κ3) is 3.16. The average Bonchev–Trinajstić information content (AvgIpc) is 3.34. The lowest BCUT2D eigenvalue weighted by atomic mass is 10.0. The second-order valence-electron chi connectivity index (χ2n) is 7.98. The van der Waals surface area contributed by atoms with Crippen molar-refractivity contribution in [1.29, 1.82) is 0 Å². The first-order chi connectivity index (χ1) is 15.3. The smallest absolute Gasteiger partial charge is 0.358 e. The van der Waals surface area contributed by atoms with Crippen LogP contribution in [0.4, 0.5) is 13.2 Å². The Hall–Kier alpha value is -3.62. The van der Waals surface area contributed by atoms with E-state index in [2.05, 4.69) is 15.2 Å². The third-order valence-corrected chi connectivity index (χ3v) is 6.09. The zero-order valence-electron chi connectivity index (χ0n) is 17.4. The van der Waals surface area contributed by atoms with Crippen LogP contribution in [-0.4, -0.2) is 37.1 Å². The molecule has 2 aromatic carbocycles. The van der Waals surface area contributed by atoms with Gasteiger partial charge in [-0.05, 0) is 43.2 Å². The summed E-state index contributed by atoms with van der Waals surface area (Å²) in [7, 11) is 0. The maximum Gasteiger partial charge on any atom is 0.451 e. The molecule has 1 amide bonds. The Morgan fingerprint density at radius 3 is 2.53 bits per heavy atom. The number of carbonyl (C=O) groups excluding carboxylic acids is 1. The van der Waals surface area contributed by atoms with Gasteiger partial charge in [-0.2, -0.15) is 13.2 Å². The van der Waals surface area contributed by atoms with Crippen LogP contribution in [0.25, 0.3) is 10.9 Å². The van der Waals surface area contributed by atoms with Gasteiger partial charge in [-0.15, -0.1) is 10.2 Å². The van der Waals surface area contributed by atoms with Crippen molar-refractivity contribution in [2.24, 2.45) is 0 Å². The van der Waals surface area contributed by atoms with Crippen molar-refractivity contribution >= 4 is 16.8 Å². The maximum atomic E-state index is 13.6. The van der Waals surface area contributed by atoms with E-state index >= 15 is 0 Å². The minimum Gasteiger partial charge on any atom is -0.358 e. The third-order valence-electron chi connectivity index (χ3n) is 6.09. The summed E-state index contributed by atoms with van der Waals surface area (Å²) in [6.45, 7) is 4.03. The van der Waals surface area contributed by atoms with Gasteiger partial charge in [0.25, 0.3) is 5.91 Å². The number of carbonyl (C=O) groups is 1. The number of fused-ring (bicyclic) bond motifs is 2. The molecule has 0 fully saturated rings. The topological polar surface area (TPSA) is 66.8 Å². The minimum atomic E-state index is -4.62. The van der Waals surface area contributed by atoms with Crippen molar-refractivity contribution in [1.82, 2.24) is 24.6 Å². The first-order valence-electron chi connectivity index (χ1n) is 10.2. The van der Waals surface area contributed by atoms with Gasteiger partial charge in [0.05, 0.1) is 0 Å². The predicted octanol–water partition coefficient (Wildman–Crippen LogP) is 4.64. The summed E-state index contributed by atoms with van der Waals surface area (Å²) in [5, 5.41) is 8.23. The van der Waals surface area contributed by atoms with Crippen LogP contribution in [0, 0.1) is 13.8 Å². The van der Waals surface area contributed by atoms with E-state index in [0.717, 1.165) is 26.7 Å². The molecular formula is C23H20F3N5O. The van der Waals surface area contributed by atoms with Crippen molar-refractivity contribution in [2.75, 3.05) is 6.54 Å². The molecule has 1 unspecified atom stereocenters. The zero-order valence-corrected chi connectivity index (χ0v) is 17.4. The molecule has 2 aromatic heterocycles. The average molecular weight is 439 g/mol. The normalized spacial score (nSPS) is 16.4. The number of nitrogens with zero attached hydrogens (tertiary/aromatic N) is 4. The number of hydrogen-bond acceptors (Lipinski definition) is 3. The van der Waals surface area contributed by atoms with Gasteiger partial charge in [-0.3, -0.25) is 4.79 Å². The Kier molecular flexibility index (Phi) is 4.58. The Bertz CT molecular complexity index is 1320. The second-order valence-corrected chi connectivity index (χ2v) is 7.98. The van der Waals surface area contributed by atoms with Gasteiger partial charge >= 0.3 is 6.18 Å². The number of benzene rings is 2. The fourth-order valence-corrected chi connectivity index (χ4v) is 4.37. The Labute approximate surface area is 181 Å². The molecule has 0 saturated carbocycles. The van der Waals surface area contributed by atoms with Crippen LogP contribution in [0.2, 0.25) is 0 Å². The van der Waals surface area contributed by atoms with Gasteiger partial charge in [0.1, 0.15) is 6.04 Å². The van der Waals surface area contributed by atoms with Gasteiger partial charge in [0, 0.05) is 35.2 Å². The molecule has 5 rings (SSSR count). The van der Waals surface area contributed by atoms with Crippen LogP contribution in [-0.2, 0) is 12.7 Å². The maximum absolute atomic E-state index is 13.6. The highest BCUT2D eigenvalue weighted by molar-refractivity contribution is 5.99. The summed E-state index contributed by atoms with van der Waals surface area (Å²) in [6, 6.07) is 13.6. The molecule has 32 heavy (non-hydrogen) atoms. The predicted molar refractivity (Wildman–Crippen MR) is 112 cm³/mol. The molecule has 4 aromatic rings. The van der Waals surface area contributed by atoms with Crippen LogP contribution in [0.5, 0.6) is 0 Å². The van der Waals surface area contributed by atoms with Crippen LogP contribution >= 0.6 is 0 Å². The summed E-state index contributed by atoms with van der Waals surface area (Å²) in [6.07, 6.45) is -4.62. The van der Waals surface area contributed by atoms with E-state index in [1.54, 1.807) is 35.2 Å². The highest BCUT2D eigenvalue weighted by atomic mass is 19.4. The minimum absolute atomic E-state index is 0.0310. The molecule has 0 aliphatic carbocycles. The zero-order chi connectivity index (χ0) is 22.6. The summed E-state index contributed by atoms with van der Waals surface area (Å²) < 4.78 is 41.4. The standard InChI is InChI=1S/C23H20F3N5O/c1-13-14(2)27-18-9-8-16(12-17(13)18)21(32)30-10-11-31-20(28-29-22(31)23(24,25)26)19(30)15-6-4-3-5-7-15/h3-9,12,19,27H,10-11H2,1-2H3. The molecule has 164 valence electrons. The number of aromatic nitrogens is 4. The SMILES string of the molecule is Cc1[nH]c2ccc(C(=O)N3CCn4c(nnc4C(F)(F)F)C3c3ccccc3)cc2c1C. The highest BCUT2D eigenvalue weighted by Crippen LogP contribution is 2.36. The Balaban J connectivity index is 1.61. The van der Waals surface area contributed by atoms with Gasteiger partial charge in [-0.1, -0.05) is 30.3 Å². The van der Waals surface area contributed by atoms with E-state index in [1.165, 1.54) is 0 Å². The lowest BCUT2D eigenvalue weighted by molar-refractivity contribution is -0.148. The number of H-pyrrole nitrogens is 1. The largest absolute Gasteiger partial charge is 0.451 e. The number of rotatable bonds is 2. The number of aromatic amines is 1. The number of amides is 1. The first-order valence-corrected chi connectivity index (χ1v) is 10.2. The summed E-state index contributed by atoms with van der Waals surface area (Å²) in [5.41, 5.74) is 4.17. The van der Waals surface area contributed by atoms with E-state index in [-0.39, 0.29) is 24.8 Å². The molecule has 0 spiro atoms. The van der Waals surface area contributed by atoms with E-state index in [1.807, 2.05) is 32.0 Å². The number of aryl methyl sites for hydroxylation is 2. The van der Waals surface area contributed by atoms with Crippen LogP contribution in [0.1, 0.15) is 44.9 Å². The van der Waals surface area contributed by atoms with Gasteiger partial charge in [-0.25, -0.2) is 0 Å². The molecule has 1 N–H and O–H groups in total. The van der Waals surface area contributed by atoms with E-state index in [9.17, 15) is 18.0 Å². The number of alkyl halides is 3. The lowest BCUT2D eigenvalue weighted by Crippen LogP contribution is -2.43. The van der Waals surface area contributed by atoms with Crippen molar-refractivity contribution in [2.45, 2.75) is 32.6 Å². The van der Waals surface area contributed by atoms with Crippen LogP contribution < -0.4 is 0 Å². The Morgan fingerprint density at radius 2 is 1.81 bits per heavy atom. The molecule has 0 bridgehead atoms. The van der Waals surface area contributed by atoms with E-state index in [0.29, 0.717) is 11.1 Å². The van der Waals surface area contributed by atoms with Crippen molar-refractivity contribution in [3.63, 3.8) is 0 Å². The van der Waals surface area contributed by atoms with Crippen molar-refractivity contribution in [3.05, 3.63) is 82.6 Å². The van der Waals surface area contributed by atoms with Gasteiger partial charge < -0.3 is 14.5 Å². The summed E-state index contributed by atoms with van der Waals surface area (Å²) in [5.74, 6) is -1.19. The summed E-state index contributed by atoms with van der Waals surface area (Å²) in [4.78, 5) is 18.5. The molecule has 1 aliphatic heterocycles. The molecule has 0 saturated heterocycles. The molecule has 3 heterocycles. The quantitative estimate of drug-likeness (QED) is 0.495. The van der Waals surface area contributed by atoms with E-state index < -0.39 is 18.0 Å². The van der Waals surface area contributed by atoms with Crippen molar-refractivity contribution < 1.29 is 18.0 Å². The highest BCUT2D eigenvalue weighted by Gasteiger charge is 2.43. The monoisotopic (exact) mass is 439 g/mol. The summed E-state index contributed by atoms with van der Waals surface area (Å²) >= 11 is 0. The fraction of sp³-hybridized carbons (Fsp3) is 0.261. The number of nitrogens with one attached hydrogen (secondary N) is 1. The molecule has 0 radical (unpaired) electrons.